The summed E-state index contributed by atoms with van der Waals surface area (Å²) in [6.07, 6.45) is 0. The van der Waals surface area contributed by atoms with Gasteiger partial charge in [0, 0.05) is 16.7 Å². The highest BCUT2D eigenvalue weighted by Gasteiger charge is 2.34. The molecule has 22 heavy (non-hydrogen) atoms. The number of rotatable bonds is 1. The van der Waals surface area contributed by atoms with Crippen LogP contribution in [0.15, 0.2) is 39.7 Å². The molecule has 8 heteroatoms. The molecule has 6 nitrogen and oxygen atoms in total. The molecule has 0 aliphatic heterocycles. The Morgan fingerprint density at radius 3 is 2.09 bits per heavy atom. The fraction of sp³-hybridized carbons (Fsp3) is 0. The molecule has 0 amide bonds. The number of halogens is 1. The Morgan fingerprint density at radius 2 is 1.55 bits per heavy atom. The van der Waals surface area contributed by atoms with Crippen LogP contribution < -0.4 is 5.73 Å². The molecule has 0 spiro atoms. The summed E-state index contributed by atoms with van der Waals surface area (Å²) >= 11 is 3.06. The van der Waals surface area contributed by atoms with E-state index >= 15 is 0 Å². The summed E-state index contributed by atoms with van der Waals surface area (Å²) < 4.78 is 32.0. The minimum atomic E-state index is -4.63. The quantitative estimate of drug-likeness (QED) is 0.492. The van der Waals surface area contributed by atoms with Gasteiger partial charge in [-0.3, -0.25) is 14.1 Å². The molecule has 0 atom stereocenters. The normalized spacial score (nSPS) is 13.7. The van der Waals surface area contributed by atoms with Gasteiger partial charge in [-0.15, -0.1) is 0 Å². The summed E-state index contributed by atoms with van der Waals surface area (Å²) in [7, 11) is -4.63. The van der Waals surface area contributed by atoms with Gasteiger partial charge in [0.15, 0.2) is 11.6 Å². The maximum atomic E-state index is 12.5. The summed E-state index contributed by atoms with van der Waals surface area (Å²) in [6, 6.07) is 7.15. The van der Waals surface area contributed by atoms with Crippen LogP contribution in [0.1, 0.15) is 31.8 Å². The molecule has 112 valence electrons. The fourth-order valence-electron chi connectivity index (χ4n) is 2.42. The van der Waals surface area contributed by atoms with Crippen LogP contribution in [0.2, 0.25) is 0 Å². The van der Waals surface area contributed by atoms with Crippen molar-refractivity contribution in [3.63, 3.8) is 0 Å². The van der Waals surface area contributed by atoms with Gasteiger partial charge in [-0.2, -0.15) is 8.42 Å². The number of ketones is 2. The molecule has 0 saturated carbocycles. The molecule has 0 unspecified atom stereocenters. The summed E-state index contributed by atoms with van der Waals surface area (Å²) in [5, 5.41) is 0. The first-order valence-electron chi connectivity index (χ1n) is 6.01. The number of carbonyl (C=O) groups excluding carboxylic acids is 2. The number of nitrogens with two attached hydrogens (primary N) is 1. The van der Waals surface area contributed by atoms with Crippen molar-refractivity contribution < 1.29 is 22.6 Å². The minimum absolute atomic E-state index is 0.00593. The third-order valence-corrected chi connectivity index (χ3v) is 5.15. The molecule has 2 aromatic rings. The number of hydrogen-bond donors (Lipinski definition) is 2. The maximum absolute atomic E-state index is 12.5. The van der Waals surface area contributed by atoms with Crippen molar-refractivity contribution in [2.45, 2.75) is 4.90 Å². The number of nitrogen functional groups attached to an aromatic ring is 1. The molecule has 3 N–H and O–H groups in total. The number of fused-ring (bicyclic) bond motifs is 2. The second-order valence-electron chi connectivity index (χ2n) is 4.70. The van der Waals surface area contributed by atoms with Crippen LogP contribution in [0.3, 0.4) is 0 Å². The molecule has 2 aromatic carbocycles. The van der Waals surface area contributed by atoms with E-state index < -0.39 is 26.6 Å². The first kappa shape index (κ1) is 14.9. The Kier molecular flexibility index (Phi) is 3.20. The number of hydrogen-bond acceptors (Lipinski definition) is 5. The highest BCUT2D eigenvalue weighted by atomic mass is 79.9. The van der Waals surface area contributed by atoms with E-state index in [0.717, 1.165) is 6.07 Å². The monoisotopic (exact) mass is 381 g/mol. The number of benzene rings is 2. The summed E-state index contributed by atoms with van der Waals surface area (Å²) in [5.74, 6) is -0.943. The fourth-order valence-corrected chi connectivity index (χ4v) is 3.80. The standard InChI is InChI=1S/C14H8BrNO5S/c15-11-10-8(5-9(12(11)16)22(19,20)21)13(17)6-3-1-2-4-7(6)14(10)18/h1-5H,16H2,(H,19,20,21). The zero-order valence-corrected chi connectivity index (χ0v) is 13.2. The molecular formula is C14H8BrNO5S. The first-order chi connectivity index (χ1) is 10.2. The molecule has 0 fully saturated rings. The SMILES string of the molecule is Nc1c(S(=O)(=O)O)cc2c(c1Br)C(=O)c1ccccc1C2=O. The first-order valence-corrected chi connectivity index (χ1v) is 8.24. The maximum Gasteiger partial charge on any atom is 0.296 e. The Balaban J connectivity index is 2.42. The van der Waals surface area contributed by atoms with Crippen LogP contribution in [0.25, 0.3) is 0 Å². The predicted octanol–water partition coefficient (Wildman–Crippen LogP) is 2.05. The van der Waals surface area contributed by atoms with Crippen molar-refractivity contribution in [1.82, 2.24) is 0 Å². The molecule has 0 bridgehead atoms. The highest BCUT2D eigenvalue weighted by Crippen LogP contribution is 2.38. The smallest absolute Gasteiger partial charge is 0.296 e. The zero-order valence-electron chi connectivity index (χ0n) is 10.8. The average Bonchev–Trinajstić information content (AvgIpc) is 2.46. The summed E-state index contributed by atoms with van der Waals surface area (Å²) in [4.78, 5) is 24.4. The second kappa shape index (κ2) is 4.73. The Morgan fingerprint density at radius 1 is 1.00 bits per heavy atom. The van der Waals surface area contributed by atoms with Gasteiger partial charge in [0.1, 0.15) is 4.90 Å². The van der Waals surface area contributed by atoms with Crippen LogP contribution in [0.4, 0.5) is 5.69 Å². The lowest BCUT2D eigenvalue weighted by molar-refractivity contribution is 0.0978. The van der Waals surface area contributed by atoms with Crippen LogP contribution in [0, 0.1) is 0 Å². The molecule has 0 radical (unpaired) electrons. The summed E-state index contributed by atoms with van der Waals surface area (Å²) in [6.45, 7) is 0. The van der Waals surface area contributed by atoms with Gasteiger partial charge in [0.2, 0.25) is 0 Å². The van der Waals surface area contributed by atoms with Gasteiger partial charge >= 0.3 is 0 Å². The predicted molar refractivity (Wildman–Crippen MR) is 81.7 cm³/mol. The molecule has 0 aromatic heterocycles. The largest absolute Gasteiger partial charge is 0.397 e. The molecule has 1 aliphatic rings. The van der Waals surface area contributed by atoms with E-state index in [1.54, 1.807) is 12.1 Å². The Hall–Kier alpha value is -2.03. The lowest BCUT2D eigenvalue weighted by Crippen LogP contribution is -2.23. The van der Waals surface area contributed by atoms with E-state index in [9.17, 15) is 22.6 Å². The zero-order chi connectivity index (χ0) is 16.2. The van der Waals surface area contributed by atoms with E-state index in [1.807, 2.05) is 0 Å². The van der Waals surface area contributed by atoms with E-state index in [0.29, 0.717) is 0 Å². The minimum Gasteiger partial charge on any atom is -0.397 e. The van der Waals surface area contributed by atoms with Crippen LogP contribution in [-0.2, 0) is 10.1 Å². The van der Waals surface area contributed by atoms with E-state index in [1.165, 1.54) is 12.1 Å². The van der Waals surface area contributed by atoms with Crippen LogP contribution in [0.5, 0.6) is 0 Å². The van der Waals surface area contributed by atoms with Crippen LogP contribution >= 0.6 is 15.9 Å². The summed E-state index contributed by atoms with van der Waals surface area (Å²) in [5.41, 5.74) is 5.63. The lowest BCUT2D eigenvalue weighted by atomic mass is 9.84. The average molecular weight is 382 g/mol. The third kappa shape index (κ3) is 1.99. The topological polar surface area (TPSA) is 115 Å². The van der Waals surface area contributed by atoms with Crippen molar-refractivity contribution in [2.24, 2.45) is 0 Å². The van der Waals surface area contributed by atoms with Crippen molar-refractivity contribution in [2.75, 3.05) is 5.73 Å². The van der Waals surface area contributed by atoms with E-state index in [4.69, 9.17) is 5.73 Å². The van der Waals surface area contributed by atoms with Gasteiger partial charge in [-0.25, -0.2) is 0 Å². The van der Waals surface area contributed by atoms with Crippen molar-refractivity contribution in [3.8, 4) is 0 Å². The number of carbonyl (C=O) groups is 2. The van der Waals surface area contributed by atoms with Gasteiger partial charge in [0.25, 0.3) is 10.1 Å². The van der Waals surface area contributed by atoms with Crippen molar-refractivity contribution >= 4 is 43.3 Å². The molecule has 0 heterocycles. The highest BCUT2D eigenvalue weighted by molar-refractivity contribution is 9.10. The Labute approximate surface area is 133 Å². The molecule has 0 saturated heterocycles. The molecular weight excluding hydrogens is 374 g/mol. The van der Waals surface area contributed by atoms with E-state index in [2.05, 4.69) is 15.9 Å². The van der Waals surface area contributed by atoms with Crippen molar-refractivity contribution in [3.05, 3.63) is 57.1 Å². The van der Waals surface area contributed by atoms with Crippen molar-refractivity contribution in [1.29, 1.82) is 0 Å². The lowest BCUT2D eigenvalue weighted by Gasteiger charge is -2.20. The molecule has 3 rings (SSSR count). The third-order valence-electron chi connectivity index (χ3n) is 3.43. The van der Waals surface area contributed by atoms with Gasteiger partial charge in [-0.05, 0) is 22.0 Å². The van der Waals surface area contributed by atoms with E-state index in [-0.39, 0.29) is 32.4 Å². The van der Waals surface area contributed by atoms with Gasteiger partial charge in [-0.1, -0.05) is 24.3 Å². The second-order valence-corrected chi connectivity index (χ2v) is 6.89. The van der Waals surface area contributed by atoms with Gasteiger partial charge in [0.05, 0.1) is 15.7 Å². The Bertz CT molecular complexity index is 965. The van der Waals surface area contributed by atoms with Crippen LogP contribution in [-0.4, -0.2) is 24.5 Å². The van der Waals surface area contributed by atoms with Gasteiger partial charge < -0.3 is 5.73 Å². The molecule has 1 aliphatic carbocycles. The number of anilines is 1.